The van der Waals surface area contributed by atoms with E-state index in [4.69, 9.17) is 4.42 Å². The molecule has 0 radical (unpaired) electrons. The first-order valence-electron chi connectivity index (χ1n) is 5.77. The second kappa shape index (κ2) is 5.87. The summed E-state index contributed by atoms with van der Waals surface area (Å²) in [5.41, 5.74) is 1.03. The molecule has 2 rings (SSSR count). The maximum Gasteiger partial charge on any atom is 0.269 e. The Balaban J connectivity index is 2.14. The van der Waals surface area contributed by atoms with Gasteiger partial charge in [-0.3, -0.25) is 14.9 Å². The van der Waals surface area contributed by atoms with Gasteiger partial charge in [0.25, 0.3) is 11.6 Å². The van der Waals surface area contributed by atoms with Crippen molar-refractivity contribution in [2.45, 2.75) is 13.0 Å². The molecule has 7 heteroatoms. The molecule has 1 aromatic carbocycles. The molecule has 1 unspecified atom stereocenters. The fourth-order valence-electron chi connectivity index (χ4n) is 1.72. The summed E-state index contributed by atoms with van der Waals surface area (Å²) in [4.78, 5) is 22.3. The normalized spacial score (nSPS) is 11.9. The molecule has 0 bridgehead atoms. The maximum absolute atomic E-state index is 12.0. The molecule has 1 aromatic heterocycles. The molecule has 20 heavy (non-hydrogen) atoms. The quantitative estimate of drug-likeness (QED) is 0.683. The zero-order chi connectivity index (χ0) is 14.7. The Kier molecular flexibility index (Phi) is 4.19. The zero-order valence-corrected chi connectivity index (χ0v) is 12.1. The van der Waals surface area contributed by atoms with Gasteiger partial charge in [-0.1, -0.05) is 12.1 Å². The largest absolute Gasteiger partial charge is 0.457 e. The lowest BCUT2D eigenvalue weighted by atomic mass is 10.1. The van der Waals surface area contributed by atoms with Crippen LogP contribution < -0.4 is 5.32 Å². The predicted molar refractivity (Wildman–Crippen MR) is 75.4 cm³/mol. The molecule has 1 amide bonds. The number of nitrogens with zero attached hydrogens (tertiary/aromatic N) is 1. The number of nitro benzene ring substituents is 1. The van der Waals surface area contributed by atoms with E-state index in [-0.39, 0.29) is 17.6 Å². The summed E-state index contributed by atoms with van der Waals surface area (Å²) >= 11 is 3.13. The van der Waals surface area contributed by atoms with Crippen LogP contribution in [0, 0.1) is 10.1 Å². The molecule has 0 aliphatic carbocycles. The lowest BCUT2D eigenvalue weighted by Gasteiger charge is -2.13. The van der Waals surface area contributed by atoms with E-state index in [9.17, 15) is 14.9 Å². The van der Waals surface area contributed by atoms with Crippen LogP contribution in [0.15, 0.2) is 45.7 Å². The Morgan fingerprint density at radius 2 is 2.20 bits per heavy atom. The summed E-state index contributed by atoms with van der Waals surface area (Å²) in [6, 6.07) is 7.34. The van der Waals surface area contributed by atoms with Crippen molar-refractivity contribution >= 4 is 27.5 Å². The standard InChI is InChI=1S/C13H11BrN2O4/c1-8(9-3-2-4-10(7-9)16(18)19)15-13(17)11-5-6-20-12(11)14/h2-8H,1H3,(H,15,17). The van der Waals surface area contributed by atoms with Gasteiger partial charge in [-0.2, -0.15) is 0 Å². The van der Waals surface area contributed by atoms with E-state index in [2.05, 4.69) is 21.2 Å². The summed E-state index contributed by atoms with van der Waals surface area (Å²) < 4.78 is 5.34. The smallest absolute Gasteiger partial charge is 0.269 e. The minimum atomic E-state index is -0.468. The predicted octanol–water partition coefficient (Wildman–Crippen LogP) is 3.44. The Morgan fingerprint density at radius 1 is 1.45 bits per heavy atom. The van der Waals surface area contributed by atoms with Crippen LogP contribution >= 0.6 is 15.9 Å². The van der Waals surface area contributed by atoms with Gasteiger partial charge in [0.15, 0.2) is 4.67 Å². The molecule has 0 saturated heterocycles. The van der Waals surface area contributed by atoms with Gasteiger partial charge in [-0.05, 0) is 34.5 Å². The monoisotopic (exact) mass is 338 g/mol. The highest BCUT2D eigenvalue weighted by Gasteiger charge is 2.17. The number of nitro groups is 1. The summed E-state index contributed by atoms with van der Waals surface area (Å²) in [6.07, 6.45) is 1.40. The Morgan fingerprint density at radius 3 is 2.80 bits per heavy atom. The van der Waals surface area contributed by atoms with Crippen LogP contribution in [0.3, 0.4) is 0 Å². The van der Waals surface area contributed by atoms with E-state index in [0.29, 0.717) is 15.8 Å². The van der Waals surface area contributed by atoms with Crippen molar-refractivity contribution in [2.75, 3.05) is 0 Å². The highest BCUT2D eigenvalue weighted by Crippen LogP contribution is 2.21. The third-order valence-electron chi connectivity index (χ3n) is 2.79. The number of furan rings is 1. The Hall–Kier alpha value is -2.15. The molecule has 0 saturated carbocycles. The number of nitrogens with one attached hydrogen (secondary N) is 1. The number of benzene rings is 1. The first-order chi connectivity index (χ1) is 9.49. The first-order valence-corrected chi connectivity index (χ1v) is 6.56. The Labute approximate surface area is 123 Å². The number of rotatable bonds is 4. The number of hydrogen-bond acceptors (Lipinski definition) is 4. The first kappa shape index (κ1) is 14.3. The molecule has 0 aliphatic heterocycles. The summed E-state index contributed by atoms with van der Waals surface area (Å²) in [7, 11) is 0. The van der Waals surface area contributed by atoms with Crippen LogP contribution in [0.2, 0.25) is 0 Å². The molecular formula is C13H11BrN2O4. The average Bonchev–Trinajstić information content (AvgIpc) is 2.85. The minimum absolute atomic E-state index is 0.00640. The number of hydrogen-bond donors (Lipinski definition) is 1. The lowest BCUT2D eigenvalue weighted by Crippen LogP contribution is -2.26. The Bertz CT molecular complexity index is 653. The van der Waals surface area contributed by atoms with Crippen molar-refractivity contribution < 1.29 is 14.1 Å². The van der Waals surface area contributed by atoms with Gasteiger partial charge < -0.3 is 9.73 Å². The van der Waals surface area contributed by atoms with Crippen LogP contribution in [-0.4, -0.2) is 10.8 Å². The second-order valence-electron chi connectivity index (χ2n) is 4.16. The van der Waals surface area contributed by atoms with Crippen LogP contribution in [0.5, 0.6) is 0 Å². The van der Waals surface area contributed by atoms with Crippen molar-refractivity contribution in [1.82, 2.24) is 5.32 Å². The van der Waals surface area contributed by atoms with Crippen molar-refractivity contribution in [3.05, 3.63) is 62.5 Å². The fourth-order valence-corrected chi connectivity index (χ4v) is 2.14. The molecule has 0 fully saturated rings. The van der Waals surface area contributed by atoms with E-state index in [0.717, 1.165) is 0 Å². The molecule has 104 valence electrons. The average molecular weight is 339 g/mol. The molecule has 0 aliphatic rings. The molecule has 6 nitrogen and oxygen atoms in total. The van der Waals surface area contributed by atoms with Gasteiger partial charge >= 0.3 is 0 Å². The van der Waals surface area contributed by atoms with Crippen LogP contribution in [0.4, 0.5) is 5.69 Å². The summed E-state index contributed by atoms with van der Waals surface area (Å²) in [5, 5.41) is 13.5. The van der Waals surface area contributed by atoms with Crippen molar-refractivity contribution in [3.63, 3.8) is 0 Å². The van der Waals surface area contributed by atoms with E-state index in [1.54, 1.807) is 25.1 Å². The number of non-ortho nitro benzene ring substituents is 1. The maximum atomic E-state index is 12.0. The van der Waals surface area contributed by atoms with Gasteiger partial charge in [-0.25, -0.2) is 0 Å². The van der Waals surface area contributed by atoms with Gasteiger partial charge in [0.2, 0.25) is 0 Å². The third-order valence-corrected chi connectivity index (χ3v) is 3.41. The van der Waals surface area contributed by atoms with E-state index in [1.807, 2.05) is 0 Å². The molecule has 2 aromatic rings. The van der Waals surface area contributed by atoms with Crippen LogP contribution in [0.1, 0.15) is 28.9 Å². The van der Waals surface area contributed by atoms with Crippen molar-refractivity contribution in [3.8, 4) is 0 Å². The number of carbonyl (C=O) groups excluding carboxylic acids is 1. The second-order valence-corrected chi connectivity index (χ2v) is 4.88. The molecular weight excluding hydrogens is 328 g/mol. The van der Waals surface area contributed by atoms with E-state index in [1.165, 1.54) is 18.4 Å². The fraction of sp³-hybridized carbons (Fsp3) is 0.154. The lowest BCUT2D eigenvalue weighted by molar-refractivity contribution is -0.384. The van der Waals surface area contributed by atoms with Gasteiger partial charge in [0.1, 0.15) is 0 Å². The molecule has 1 N–H and O–H groups in total. The van der Waals surface area contributed by atoms with Gasteiger partial charge in [-0.15, -0.1) is 0 Å². The molecule has 1 heterocycles. The van der Waals surface area contributed by atoms with E-state index >= 15 is 0 Å². The molecule has 0 spiro atoms. The van der Waals surface area contributed by atoms with Crippen LogP contribution in [0.25, 0.3) is 0 Å². The van der Waals surface area contributed by atoms with Gasteiger partial charge in [0, 0.05) is 12.1 Å². The number of amides is 1. The van der Waals surface area contributed by atoms with Crippen molar-refractivity contribution in [2.24, 2.45) is 0 Å². The number of halogens is 1. The summed E-state index contributed by atoms with van der Waals surface area (Å²) in [5.74, 6) is -0.315. The SMILES string of the molecule is CC(NC(=O)c1ccoc1Br)c1cccc([N+](=O)[O-])c1. The van der Waals surface area contributed by atoms with Gasteiger partial charge in [0.05, 0.1) is 22.8 Å². The van der Waals surface area contributed by atoms with Crippen LogP contribution in [-0.2, 0) is 0 Å². The van der Waals surface area contributed by atoms with Crippen molar-refractivity contribution in [1.29, 1.82) is 0 Å². The van der Waals surface area contributed by atoms with E-state index < -0.39 is 4.92 Å². The summed E-state index contributed by atoms with van der Waals surface area (Å²) in [6.45, 7) is 1.75. The highest BCUT2D eigenvalue weighted by molar-refractivity contribution is 9.10. The zero-order valence-electron chi connectivity index (χ0n) is 10.5. The third kappa shape index (κ3) is 3.05. The topological polar surface area (TPSA) is 85.4 Å². The highest BCUT2D eigenvalue weighted by atomic mass is 79.9. The minimum Gasteiger partial charge on any atom is -0.457 e. The molecule has 1 atom stereocenters. The number of carbonyl (C=O) groups is 1.